The van der Waals surface area contributed by atoms with Gasteiger partial charge in [-0.1, -0.05) is 0 Å². The Balaban J connectivity index is 1.85. The van der Waals surface area contributed by atoms with Crippen molar-refractivity contribution in [2.75, 3.05) is 26.3 Å². The van der Waals surface area contributed by atoms with E-state index < -0.39 is 5.60 Å². The SMILES string of the molecule is CC(C)(C)OC(=O)N[C@@H]1CN(CCCF)CC12CC2. The van der Waals surface area contributed by atoms with Crippen LogP contribution in [0.15, 0.2) is 0 Å². The fourth-order valence-corrected chi connectivity index (χ4v) is 2.84. The molecule has 19 heavy (non-hydrogen) atoms. The average Bonchev–Trinajstić information content (AvgIpc) is 2.94. The Hall–Kier alpha value is -0.840. The van der Waals surface area contributed by atoms with Crippen LogP contribution in [0.5, 0.6) is 0 Å². The first-order chi connectivity index (χ1) is 8.85. The number of ether oxygens (including phenoxy) is 1. The number of carbonyl (C=O) groups excluding carboxylic acids is 1. The van der Waals surface area contributed by atoms with E-state index in [1.807, 2.05) is 20.8 Å². The maximum absolute atomic E-state index is 12.2. The minimum atomic E-state index is -0.465. The number of hydrogen-bond donors (Lipinski definition) is 1. The summed E-state index contributed by atoms with van der Waals surface area (Å²) in [6.07, 6.45) is 2.55. The highest BCUT2D eigenvalue weighted by molar-refractivity contribution is 5.68. The number of halogens is 1. The fraction of sp³-hybridized carbons (Fsp3) is 0.929. The molecular formula is C14H25FN2O2. The summed E-state index contributed by atoms with van der Waals surface area (Å²) < 4.78 is 17.5. The summed E-state index contributed by atoms with van der Waals surface area (Å²) in [4.78, 5) is 14.1. The van der Waals surface area contributed by atoms with E-state index in [-0.39, 0.29) is 24.2 Å². The van der Waals surface area contributed by atoms with Gasteiger partial charge in [-0.25, -0.2) is 4.79 Å². The lowest BCUT2D eigenvalue weighted by Gasteiger charge is -2.24. The number of carbonyl (C=O) groups is 1. The van der Waals surface area contributed by atoms with Crippen molar-refractivity contribution >= 4 is 6.09 Å². The van der Waals surface area contributed by atoms with Crippen LogP contribution in [0, 0.1) is 5.41 Å². The minimum Gasteiger partial charge on any atom is -0.444 e. The van der Waals surface area contributed by atoms with E-state index in [1.165, 1.54) is 0 Å². The van der Waals surface area contributed by atoms with Gasteiger partial charge in [0.15, 0.2) is 0 Å². The number of amides is 1. The molecule has 1 saturated carbocycles. The molecule has 1 heterocycles. The molecule has 0 aromatic carbocycles. The average molecular weight is 272 g/mol. The van der Waals surface area contributed by atoms with Gasteiger partial charge in [-0.2, -0.15) is 0 Å². The third-order valence-corrected chi connectivity index (χ3v) is 3.91. The van der Waals surface area contributed by atoms with Crippen molar-refractivity contribution in [2.24, 2.45) is 5.41 Å². The van der Waals surface area contributed by atoms with Gasteiger partial charge < -0.3 is 15.0 Å². The normalized spacial score (nSPS) is 25.6. The molecule has 0 aromatic heterocycles. The number of alkyl halides is 1. The van der Waals surface area contributed by atoms with Crippen molar-refractivity contribution < 1.29 is 13.9 Å². The topological polar surface area (TPSA) is 41.6 Å². The van der Waals surface area contributed by atoms with E-state index in [9.17, 15) is 9.18 Å². The zero-order valence-electron chi connectivity index (χ0n) is 12.2. The Morgan fingerprint density at radius 2 is 2.16 bits per heavy atom. The van der Waals surface area contributed by atoms with E-state index in [0.717, 1.165) is 32.5 Å². The van der Waals surface area contributed by atoms with Gasteiger partial charge >= 0.3 is 6.09 Å². The first-order valence-electron chi connectivity index (χ1n) is 7.12. The molecule has 0 unspecified atom stereocenters. The second-order valence-corrected chi connectivity index (χ2v) is 6.84. The van der Waals surface area contributed by atoms with Crippen molar-refractivity contribution in [3.63, 3.8) is 0 Å². The molecule has 1 atom stereocenters. The highest BCUT2D eigenvalue weighted by atomic mass is 19.1. The molecule has 1 aliphatic heterocycles. The standard InChI is InChI=1S/C14H25FN2O2/c1-13(2,3)19-12(18)16-11-9-17(8-4-7-15)10-14(11)5-6-14/h11H,4-10H2,1-3H3,(H,16,18)/t11-/m1/s1. The van der Waals surface area contributed by atoms with Crippen LogP contribution in [0.3, 0.4) is 0 Å². The molecule has 1 spiro atoms. The second-order valence-electron chi connectivity index (χ2n) is 6.84. The summed E-state index contributed by atoms with van der Waals surface area (Å²) in [5.74, 6) is 0. The van der Waals surface area contributed by atoms with Gasteiger partial charge in [0.1, 0.15) is 5.60 Å². The van der Waals surface area contributed by atoms with E-state index >= 15 is 0 Å². The summed E-state index contributed by atoms with van der Waals surface area (Å²) in [5.41, 5.74) is -0.236. The van der Waals surface area contributed by atoms with Gasteiger partial charge in [0.2, 0.25) is 0 Å². The fourth-order valence-electron chi connectivity index (χ4n) is 2.84. The molecular weight excluding hydrogens is 247 g/mol. The Kier molecular flexibility index (Phi) is 4.04. The van der Waals surface area contributed by atoms with Crippen LogP contribution >= 0.6 is 0 Å². The number of rotatable bonds is 4. The van der Waals surface area contributed by atoms with Gasteiger partial charge in [0, 0.05) is 25.0 Å². The molecule has 0 aromatic rings. The zero-order chi connectivity index (χ0) is 14.1. The molecule has 110 valence electrons. The van der Waals surface area contributed by atoms with Gasteiger partial charge in [0.05, 0.1) is 12.7 Å². The molecule has 1 aliphatic carbocycles. The number of likely N-dealkylation sites (tertiary alicyclic amines) is 1. The molecule has 0 radical (unpaired) electrons. The van der Waals surface area contributed by atoms with Crippen LogP contribution in [0.4, 0.5) is 9.18 Å². The molecule has 4 nitrogen and oxygen atoms in total. The predicted octanol–water partition coefficient (Wildman–Crippen LogP) is 2.34. The van der Waals surface area contributed by atoms with Crippen LogP contribution in [0.1, 0.15) is 40.0 Å². The maximum Gasteiger partial charge on any atom is 0.407 e. The van der Waals surface area contributed by atoms with Crippen molar-refractivity contribution in [1.82, 2.24) is 10.2 Å². The molecule has 1 N–H and O–H groups in total. The quantitative estimate of drug-likeness (QED) is 0.854. The monoisotopic (exact) mass is 272 g/mol. The third kappa shape index (κ3) is 3.81. The van der Waals surface area contributed by atoms with E-state index in [1.54, 1.807) is 0 Å². The van der Waals surface area contributed by atoms with E-state index in [4.69, 9.17) is 4.74 Å². The second kappa shape index (κ2) is 5.27. The number of nitrogens with one attached hydrogen (secondary N) is 1. The Labute approximate surface area is 114 Å². The third-order valence-electron chi connectivity index (χ3n) is 3.91. The molecule has 1 amide bonds. The molecule has 2 fully saturated rings. The number of hydrogen-bond acceptors (Lipinski definition) is 3. The summed E-state index contributed by atoms with van der Waals surface area (Å²) >= 11 is 0. The Morgan fingerprint density at radius 3 is 2.68 bits per heavy atom. The van der Waals surface area contributed by atoms with Gasteiger partial charge in [-0.05, 0) is 40.0 Å². The van der Waals surface area contributed by atoms with Crippen LogP contribution in [-0.4, -0.2) is 48.9 Å². The first-order valence-corrected chi connectivity index (χ1v) is 7.12. The summed E-state index contributed by atoms with van der Waals surface area (Å²) in [7, 11) is 0. The van der Waals surface area contributed by atoms with Crippen molar-refractivity contribution in [2.45, 2.75) is 51.7 Å². The summed E-state index contributed by atoms with van der Waals surface area (Å²) in [6, 6.07) is 0.155. The zero-order valence-corrected chi connectivity index (χ0v) is 12.2. The van der Waals surface area contributed by atoms with Crippen LogP contribution < -0.4 is 5.32 Å². The van der Waals surface area contributed by atoms with Crippen molar-refractivity contribution in [3.8, 4) is 0 Å². The molecule has 2 rings (SSSR count). The molecule has 2 aliphatic rings. The minimum absolute atomic E-state index is 0.155. The van der Waals surface area contributed by atoms with Crippen molar-refractivity contribution in [3.05, 3.63) is 0 Å². The van der Waals surface area contributed by atoms with Gasteiger partial charge in [0.25, 0.3) is 0 Å². The lowest BCUT2D eigenvalue weighted by Crippen LogP contribution is -2.44. The van der Waals surface area contributed by atoms with Gasteiger partial charge in [-0.15, -0.1) is 0 Å². The molecule has 1 saturated heterocycles. The van der Waals surface area contributed by atoms with Gasteiger partial charge in [-0.3, -0.25) is 4.39 Å². The van der Waals surface area contributed by atoms with Crippen LogP contribution in [0.2, 0.25) is 0 Å². The largest absolute Gasteiger partial charge is 0.444 e. The summed E-state index contributed by atoms with van der Waals surface area (Å²) in [5, 5.41) is 3.00. The number of nitrogens with zero attached hydrogens (tertiary/aromatic N) is 1. The summed E-state index contributed by atoms with van der Waals surface area (Å²) in [6.45, 7) is 7.90. The van der Waals surface area contributed by atoms with E-state index in [2.05, 4.69) is 10.2 Å². The Bertz CT molecular complexity index is 337. The lowest BCUT2D eigenvalue weighted by molar-refractivity contribution is 0.0492. The highest BCUT2D eigenvalue weighted by Crippen LogP contribution is 2.52. The molecule has 5 heteroatoms. The Morgan fingerprint density at radius 1 is 1.47 bits per heavy atom. The van der Waals surface area contributed by atoms with E-state index in [0.29, 0.717) is 6.42 Å². The predicted molar refractivity (Wildman–Crippen MR) is 71.9 cm³/mol. The maximum atomic E-state index is 12.2. The first kappa shape index (κ1) is 14.6. The van der Waals surface area contributed by atoms with Crippen molar-refractivity contribution in [1.29, 1.82) is 0 Å². The lowest BCUT2D eigenvalue weighted by atomic mass is 10.0. The number of alkyl carbamates (subject to hydrolysis) is 1. The van der Waals surface area contributed by atoms with Crippen LogP contribution in [-0.2, 0) is 4.74 Å². The van der Waals surface area contributed by atoms with Crippen LogP contribution in [0.25, 0.3) is 0 Å². The smallest absolute Gasteiger partial charge is 0.407 e. The highest BCUT2D eigenvalue weighted by Gasteiger charge is 2.55. The molecule has 0 bridgehead atoms.